The number of rotatable bonds is 7. The van der Waals surface area contributed by atoms with Crippen LogP contribution in [0.4, 0.5) is 9.59 Å². The summed E-state index contributed by atoms with van der Waals surface area (Å²) in [5.74, 6) is 0.566. The Labute approximate surface area is 162 Å². The molecule has 0 bridgehead atoms. The van der Waals surface area contributed by atoms with E-state index in [1.165, 1.54) is 12.0 Å². The van der Waals surface area contributed by atoms with Crippen molar-refractivity contribution in [2.45, 2.75) is 49.6 Å². The second kappa shape index (κ2) is 9.12. The summed E-state index contributed by atoms with van der Waals surface area (Å²) in [6.07, 6.45) is 2.20. The van der Waals surface area contributed by atoms with Gasteiger partial charge < -0.3 is 14.8 Å². The molecular formula is C19H24N2O5S. The molecule has 1 aromatic rings. The second-order valence-electron chi connectivity index (χ2n) is 6.65. The van der Waals surface area contributed by atoms with Crippen LogP contribution in [0.2, 0.25) is 0 Å². The summed E-state index contributed by atoms with van der Waals surface area (Å²) in [6, 6.07) is 8.75. The van der Waals surface area contributed by atoms with Crippen LogP contribution >= 0.6 is 11.8 Å². The quantitative estimate of drug-likeness (QED) is 0.436. The molecule has 3 amide bonds. The molecular weight excluding hydrogens is 368 g/mol. The van der Waals surface area contributed by atoms with E-state index in [0.29, 0.717) is 6.42 Å². The molecule has 0 spiro atoms. The van der Waals surface area contributed by atoms with Crippen LogP contribution in [0.15, 0.2) is 30.3 Å². The minimum absolute atomic E-state index is 0.0441. The lowest BCUT2D eigenvalue weighted by Gasteiger charge is -2.25. The maximum Gasteiger partial charge on any atom is 0.418 e. The van der Waals surface area contributed by atoms with Crippen molar-refractivity contribution in [2.75, 3.05) is 12.9 Å². The van der Waals surface area contributed by atoms with Crippen LogP contribution < -0.4 is 5.32 Å². The largest absolute Gasteiger partial charge is 0.469 e. The normalized spacial score (nSPS) is 23.7. The highest BCUT2D eigenvalue weighted by molar-refractivity contribution is 8.00. The monoisotopic (exact) mass is 392 g/mol. The Morgan fingerprint density at radius 1 is 1.26 bits per heavy atom. The number of thioether (sulfide) groups is 1. The molecule has 2 saturated heterocycles. The van der Waals surface area contributed by atoms with Gasteiger partial charge in [-0.15, -0.1) is 0 Å². The Bertz CT molecular complexity index is 684. The number of amides is 3. The zero-order chi connectivity index (χ0) is 19.2. The summed E-state index contributed by atoms with van der Waals surface area (Å²) in [7, 11) is 1.38. The minimum atomic E-state index is -0.606. The number of carbonyl (C=O) groups is 3. The molecule has 0 aromatic heterocycles. The molecule has 8 heteroatoms. The summed E-state index contributed by atoms with van der Waals surface area (Å²) in [5.41, 5.74) is 0.877. The van der Waals surface area contributed by atoms with Crippen molar-refractivity contribution >= 4 is 29.9 Å². The number of carbonyl (C=O) groups excluding carboxylic acids is 3. The molecule has 1 N–H and O–H groups in total. The Morgan fingerprint density at radius 3 is 2.78 bits per heavy atom. The third-order valence-electron chi connectivity index (χ3n) is 4.86. The fraction of sp³-hybridized carbons (Fsp3) is 0.526. The van der Waals surface area contributed by atoms with E-state index in [0.717, 1.165) is 30.6 Å². The first-order chi connectivity index (χ1) is 13.1. The summed E-state index contributed by atoms with van der Waals surface area (Å²) in [5, 5.41) is 3.03. The topological polar surface area (TPSA) is 84.9 Å². The van der Waals surface area contributed by atoms with E-state index < -0.39 is 6.09 Å². The number of hydrogen-bond acceptors (Lipinski definition) is 6. The van der Waals surface area contributed by atoms with E-state index in [1.807, 2.05) is 30.3 Å². The van der Waals surface area contributed by atoms with Gasteiger partial charge in [-0.2, -0.15) is 11.8 Å². The average molecular weight is 392 g/mol. The molecule has 7 nitrogen and oxygen atoms in total. The molecule has 0 aliphatic carbocycles. The molecule has 2 aliphatic heterocycles. The molecule has 0 radical (unpaired) electrons. The first-order valence-corrected chi connectivity index (χ1v) is 10.1. The molecule has 0 saturated carbocycles. The van der Waals surface area contributed by atoms with Gasteiger partial charge in [0.05, 0.1) is 19.2 Å². The van der Waals surface area contributed by atoms with E-state index in [1.54, 1.807) is 11.8 Å². The summed E-state index contributed by atoms with van der Waals surface area (Å²) >= 11 is 1.76. The van der Waals surface area contributed by atoms with Gasteiger partial charge in [0.2, 0.25) is 0 Å². The lowest BCUT2D eigenvalue weighted by molar-refractivity contribution is -0.140. The summed E-state index contributed by atoms with van der Waals surface area (Å²) in [4.78, 5) is 37.3. The van der Waals surface area contributed by atoms with Crippen molar-refractivity contribution in [3.8, 4) is 0 Å². The fourth-order valence-electron chi connectivity index (χ4n) is 3.48. The molecule has 0 unspecified atom stereocenters. The van der Waals surface area contributed by atoms with Gasteiger partial charge in [-0.25, -0.2) is 14.5 Å². The van der Waals surface area contributed by atoms with Crippen LogP contribution in [0.1, 0.15) is 31.2 Å². The van der Waals surface area contributed by atoms with Gasteiger partial charge in [0.25, 0.3) is 0 Å². The van der Waals surface area contributed by atoms with Crippen LogP contribution in [-0.2, 0) is 20.9 Å². The summed E-state index contributed by atoms with van der Waals surface area (Å²) in [6.45, 7) is 0.137. The molecule has 3 rings (SSSR count). The van der Waals surface area contributed by atoms with Crippen LogP contribution in [0.3, 0.4) is 0 Å². The van der Waals surface area contributed by atoms with E-state index >= 15 is 0 Å². The number of methoxy groups -OCH3 is 1. The van der Waals surface area contributed by atoms with Crippen LogP contribution in [0.25, 0.3) is 0 Å². The zero-order valence-corrected chi connectivity index (χ0v) is 16.1. The Morgan fingerprint density at radius 2 is 2.04 bits per heavy atom. The first-order valence-electron chi connectivity index (χ1n) is 9.09. The van der Waals surface area contributed by atoms with Gasteiger partial charge in [-0.05, 0) is 18.4 Å². The highest BCUT2D eigenvalue weighted by Crippen LogP contribution is 2.37. The van der Waals surface area contributed by atoms with Gasteiger partial charge in [0.1, 0.15) is 6.61 Å². The maximum atomic E-state index is 12.5. The Kier molecular flexibility index (Phi) is 6.60. The number of fused-ring (bicyclic) bond motifs is 1. The first kappa shape index (κ1) is 19.5. The number of nitrogens with zero attached hydrogens (tertiary/aromatic N) is 1. The SMILES string of the molecule is COC(=O)CCCC[C@@H]1SC[C@@H]2NC(=O)N(C(=O)OCc3ccccc3)[C@@H]21. The van der Waals surface area contributed by atoms with E-state index in [-0.39, 0.29) is 35.9 Å². The molecule has 1 aromatic carbocycles. The van der Waals surface area contributed by atoms with Crippen molar-refractivity contribution in [1.29, 1.82) is 0 Å². The highest BCUT2D eigenvalue weighted by atomic mass is 32.2. The lowest BCUT2D eigenvalue weighted by Crippen LogP contribution is -2.44. The van der Waals surface area contributed by atoms with Crippen molar-refractivity contribution in [1.82, 2.24) is 10.2 Å². The number of esters is 1. The van der Waals surface area contributed by atoms with Crippen molar-refractivity contribution < 1.29 is 23.9 Å². The van der Waals surface area contributed by atoms with Crippen LogP contribution in [0, 0.1) is 0 Å². The van der Waals surface area contributed by atoms with E-state index in [9.17, 15) is 14.4 Å². The number of unbranched alkanes of at least 4 members (excludes halogenated alkanes) is 1. The molecule has 3 atom stereocenters. The fourth-order valence-corrected chi connectivity index (χ4v) is 5.06. The van der Waals surface area contributed by atoms with Crippen molar-refractivity contribution in [3.63, 3.8) is 0 Å². The average Bonchev–Trinajstić information content (AvgIpc) is 3.21. The number of nitrogens with one attached hydrogen (secondary N) is 1. The predicted molar refractivity (Wildman–Crippen MR) is 101 cm³/mol. The van der Waals surface area contributed by atoms with Gasteiger partial charge in [0.15, 0.2) is 0 Å². The van der Waals surface area contributed by atoms with Gasteiger partial charge >= 0.3 is 18.1 Å². The zero-order valence-electron chi connectivity index (χ0n) is 15.3. The van der Waals surface area contributed by atoms with Gasteiger partial charge in [-0.3, -0.25) is 4.79 Å². The molecule has 27 heavy (non-hydrogen) atoms. The number of hydrogen-bond donors (Lipinski definition) is 1. The third kappa shape index (κ3) is 4.74. The lowest BCUT2D eigenvalue weighted by atomic mass is 10.0. The van der Waals surface area contributed by atoms with Crippen LogP contribution in [-0.4, -0.2) is 53.2 Å². The van der Waals surface area contributed by atoms with Crippen LogP contribution in [0.5, 0.6) is 0 Å². The molecule has 2 aliphatic rings. The van der Waals surface area contributed by atoms with E-state index in [4.69, 9.17) is 4.74 Å². The number of ether oxygens (including phenoxy) is 2. The molecule has 2 heterocycles. The van der Waals surface area contributed by atoms with Crippen molar-refractivity contribution in [2.24, 2.45) is 0 Å². The standard InChI is InChI=1S/C19H24N2O5S/c1-25-16(22)10-6-5-9-15-17-14(12-27-15)20-18(23)21(17)19(24)26-11-13-7-3-2-4-8-13/h2-4,7-8,14-15,17H,5-6,9-12H2,1H3,(H,20,23)/t14-,15-,17-/m0/s1. The second-order valence-corrected chi connectivity index (χ2v) is 7.92. The molecule has 2 fully saturated rings. The van der Waals surface area contributed by atoms with Gasteiger partial charge in [-0.1, -0.05) is 36.8 Å². The third-order valence-corrected chi connectivity index (χ3v) is 6.35. The smallest absolute Gasteiger partial charge is 0.418 e. The molecule has 146 valence electrons. The Hall–Kier alpha value is -2.22. The van der Waals surface area contributed by atoms with E-state index in [2.05, 4.69) is 10.1 Å². The minimum Gasteiger partial charge on any atom is -0.469 e. The maximum absolute atomic E-state index is 12.5. The highest BCUT2D eigenvalue weighted by Gasteiger charge is 2.51. The predicted octanol–water partition coefficient (Wildman–Crippen LogP) is 2.93. The van der Waals surface area contributed by atoms with Crippen molar-refractivity contribution in [3.05, 3.63) is 35.9 Å². The Balaban J connectivity index is 1.55. The van der Waals surface area contributed by atoms with Gasteiger partial charge in [0, 0.05) is 17.4 Å². The number of urea groups is 1. The number of imide groups is 1. The number of benzene rings is 1. The summed E-state index contributed by atoms with van der Waals surface area (Å²) < 4.78 is 10.0.